The quantitative estimate of drug-likeness (QED) is 0.805. The summed E-state index contributed by atoms with van der Waals surface area (Å²) in [5.41, 5.74) is 1.36. The van der Waals surface area contributed by atoms with Gasteiger partial charge in [0.15, 0.2) is 9.84 Å². The van der Waals surface area contributed by atoms with Gasteiger partial charge >= 0.3 is 0 Å². The van der Waals surface area contributed by atoms with Crippen molar-refractivity contribution < 1.29 is 18.0 Å². The molecule has 1 aromatic carbocycles. The Balaban J connectivity index is 2.66. The highest BCUT2D eigenvalue weighted by atomic mass is 32.2. The van der Waals surface area contributed by atoms with Crippen molar-refractivity contribution in [2.24, 2.45) is 5.92 Å². The molecule has 1 N–H and O–H groups in total. The summed E-state index contributed by atoms with van der Waals surface area (Å²) in [6.45, 7) is 3.91. The lowest BCUT2D eigenvalue weighted by molar-refractivity contribution is -0.127. The van der Waals surface area contributed by atoms with Crippen molar-refractivity contribution in [2.45, 2.75) is 20.4 Å². The summed E-state index contributed by atoms with van der Waals surface area (Å²) in [5, 5.41) is 2.53. The number of sulfone groups is 1. The van der Waals surface area contributed by atoms with Gasteiger partial charge in [-0.3, -0.25) is 9.59 Å². The Hall–Kier alpha value is -1.89. The molecule has 7 heteroatoms. The Morgan fingerprint density at radius 1 is 1.17 bits per heavy atom. The van der Waals surface area contributed by atoms with E-state index in [-0.39, 0.29) is 17.6 Å². The third-order valence-electron chi connectivity index (χ3n) is 3.22. The van der Waals surface area contributed by atoms with E-state index in [1.807, 2.05) is 0 Å². The molecular formula is C16H24N2O4S. The maximum Gasteiger partial charge on any atom is 0.251 e. The zero-order valence-corrected chi connectivity index (χ0v) is 14.8. The van der Waals surface area contributed by atoms with E-state index < -0.39 is 21.5 Å². The van der Waals surface area contributed by atoms with Crippen molar-refractivity contribution in [1.82, 2.24) is 10.2 Å². The first kappa shape index (κ1) is 19.2. The summed E-state index contributed by atoms with van der Waals surface area (Å²) in [7, 11) is -0.258. The fourth-order valence-corrected chi connectivity index (χ4v) is 3.86. The van der Waals surface area contributed by atoms with Crippen LogP contribution in [-0.2, 0) is 21.2 Å². The van der Waals surface area contributed by atoms with Gasteiger partial charge < -0.3 is 10.2 Å². The van der Waals surface area contributed by atoms with Gasteiger partial charge in [0.25, 0.3) is 5.91 Å². The van der Waals surface area contributed by atoms with Crippen molar-refractivity contribution in [2.75, 3.05) is 25.6 Å². The van der Waals surface area contributed by atoms with Crippen LogP contribution in [0.15, 0.2) is 24.3 Å². The molecule has 0 spiro atoms. The number of amides is 2. The van der Waals surface area contributed by atoms with E-state index in [0.29, 0.717) is 12.1 Å². The predicted molar refractivity (Wildman–Crippen MR) is 89.8 cm³/mol. The van der Waals surface area contributed by atoms with E-state index in [1.165, 1.54) is 4.90 Å². The van der Waals surface area contributed by atoms with Crippen LogP contribution < -0.4 is 5.32 Å². The minimum absolute atomic E-state index is 0.00429. The van der Waals surface area contributed by atoms with Gasteiger partial charge in [-0.25, -0.2) is 8.42 Å². The SMILES string of the molecule is CNC(=O)c1ccc(CN(C)C(=O)CS(=O)(=O)CC(C)C)cc1. The Morgan fingerprint density at radius 3 is 2.22 bits per heavy atom. The molecule has 0 aliphatic heterocycles. The maximum atomic E-state index is 12.0. The molecule has 23 heavy (non-hydrogen) atoms. The first-order valence-corrected chi connectivity index (χ1v) is 9.22. The molecular weight excluding hydrogens is 316 g/mol. The third kappa shape index (κ3) is 6.40. The smallest absolute Gasteiger partial charge is 0.251 e. The van der Waals surface area contributed by atoms with Crippen LogP contribution >= 0.6 is 0 Å². The molecule has 0 unspecified atom stereocenters. The third-order valence-corrected chi connectivity index (χ3v) is 5.08. The number of carbonyl (C=O) groups is 2. The van der Waals surface area contributed by atoms with Crippen LogP contribution in [0.25, 0.3) is 0 Å². The van der Waals surface area contributed by atoms with E-state index in [4.69, 9.17) is 0 Å². The Bertz CT molecular complexity index is 651. The van der Waals surface area contributed by atoms with Gasteiger partial charge in [-0.05, 0) is 23.6 Å². The molecule has 1 aromatic rings. The summed E-state index contributed by atoms with van der Waals surface area (Å²) in [6.07, 6.45) is 0. The monoisotopic (exact) mass is 340 g/mol. The molecule has 0 aromatic heterocycles. The molecule has 0 heterocycles. The highest BCUT2D eigenvalue weighted by molar-refractivity contribution is 7.92. The molecule has 0 atom stereocenters. The van der Waals surface area contributed by atoms with Crippen molar-refractivity contribution in [3.63, 3.8) is 0 Å². The van der Waals surface area contributed by atoms with E-state index >= 15 is 0 Å². The van der Waals surface area contributed by atoms with Crippen molar-refractivity contribution in [1.29, 1.82) is 0 Å². The first-order valence-electron chi connectivity index (χ1n) is 7.40. The van der Waals surface area contributed by atoms with E-state index in [2.05, 4.69) is 5.32 Å². The molecule has 6 nitrogen and oxygen atoms in total. The second-order valence-corrected chi connectivity index (χ2v) is 8.08. The standard InChI is InChI=1S/C16H24N2O4S/c1-12(2)10-23(21,22)11-15(19)18(4)9-13-5-7-14(8-6-13)16(20)17-3/h5-8,12H,9-11H2,1-4H3,(H,17,20). The molecule has 1 rings (SSSR count). The second kappa shape index (κ2) is 8.10. The van der Waals surface area contributed by atoms with Gasteiger partial charge in [0.05, 0.1) is 5.75 Å². The zero-order chi connectivity index (χ0) is 17.6. The summed E-state index contributed by atoms with van der Waals surface area (Å²) in [6, 6.07) is 6.83. The molecule has 0 saturated heterocycles. The summed E-state index contributed by atoms with van der Waals surface area (Å²) >= 11 is 0. The van der Waals surface area contributed by atoms with Crippen molar-refractivity contribution >= 4 is 21.7 Å². The van der Waals surface area contributed by atoms with Crippen molar-refractivity contribution in [3.05, 3.63) is 35.4 Å². The molecule has 0 aliphatic carbocycles. The maximum absolute atomic E-state index is 12.0. The predicted octanol–water partition coefficient (Wildman–Crippen LogP) is 1.08. The Kier molecular flexibility index (Phi) is 6.75. The zero-order valence-electron chi connectivity index (χ0n) is 14.0. The topological polar surface area (TPSA) is 83.6 Å². The molecule has 0 radical (unpaired) electrons. The number of benzene rings is 1. The lowest BCUT2D eigenvalue weighted by atomic mass is 10.1. The average Bonchev–Trinajstić information content (AvgIpc) is 2.45. The van der Waals surface area contributed by atoms with Gasteiger partial charge in [0.1, 0.15) is 5.75 Å². The van der Waals surface area contributed by atoms with Crippen LogP contribution in [0.5, 0.6) is 0 Å². The van der Waals surface area contributed by atoms with Gasteiger partial charge in [-0.1, -0.05) is 26.0 Å². The minimum Gasteiger partial charge on any atom is -0.355 e. The van der Waals surface area contributed by atoms with Crippen LogP contribution in [0.3, 0.4) is 0 Å². The first-order chi connectivity index (χ1) is 10.6. The number of rotatable bonds is 7. The molecule has 0 fully saturated rings. The fraction of sp³-hybridized carbons (Fsp3) is 0.500. The Morgan fingerprint density at radius 2 is 1.74 bits per heavy atom. The largest absolute Gasteiger partial charge is 0.355 e. The molecule has 128 valence electrons. The summed E-state index contributed by atoms with van der Waals surface area (Å²) in [4.78, 5) is 24.9. The van der Waals surface area contributed by atoms with Gasteiger partial charge in [-0.15, -0.1) is 0 Å². The van der Waals surface area contributed by atoms with Gasteiger partial charge in [0.2, 0.25) is 5.91 Å². The van der Waals surface area contributed by atoms with Gasteiger partial charge in [0, 0.05) is 26.2 Å². The van der Waals surface area contributed by atoms with Crippen molar-refractivity contribution in [3.8, 4) is 0 Å². The fourth-order valence-electron chi connectivity index (χ4n) is 2.13. The molecule has 2 amide bonds. The lowest BCUT2D eigenvalue weighted by Crippen LogP contribution is -2.33. The molecule has 0 saturated carbocycles. The Labute approximate surface area is 137 Å². The molecule has 0 aliphatic rings. The van der Waals surface area contributed by atoms with Gasteiger partial charge in [-0.2, -0.15) is 0 Å². The second-order valence-electron chi connectivity index (χ2n) is 5.97. The van der Waals surface area contributed by atoms with E-state index in [1.54, 1.807) is 52.2 Å². The van der Waals surface area contributed by atoms with Crippen LogP contribution in [-0.4, -0.2) is 50.7 Å². The normalized spacial score (nSPS) is 11.3. The summed E-state index contributed by atoms with van der Waals surface area (Å²) < 4.78 is 23.7. The van der Waals surface area contributed by atoms with E-state index in [0.717, 1.165) is 5.56 Å². The lowest BCUT2D eigenvalue weighted by Gasteiger charge is -2.18. The number of hydrogen-bond acceptors (Lipinski definition) is 4. The number of hydrogen-bond donors (Lipinski definition) is 1. The average molecular weight is 340 g/mol. The van der Waals surface area contributed by atoms with Crippen LogP contribution in [0, 0.1) is 5.92 Å². The van der Waals surface area contributed by atoms with Crippen LogP contribution in [0.1, 0.15) is 29.8 Å². The highest BCUT2D eigenvalue weighted by Crippen LogP contribution is 2.08. The van der Waals surface area contributed by atoms with Crippen LogP contribution in [0.2, 0.25) is 0 Å². The minimum atomic E-state index is -3.38. The van der Waals surface area contributed by atoms with Crippen LogP contribution in [0.4, 0.5) is 0 Å². The number of carbonyl (C=O) groups excluding carboxylic acids is 2. The van der Waals surface area contributed by atoms with E-state index in [9.17, 15) is 18.0 Å². The number of nitrogens with zero attached hydrogens (tertiary/aromatic N) is 1. The highest BCUT2D eigenvalue weighted by Gasteiger charge is 2.21. The summed E-state index contributed by atoms with van der Waals surface area (Å²) in [5.74, 6) is -1.08. The number of nitrogens with one attached hydrogen (secondary N) is 1. The molecule has 0 bridgehead atoms.